The summed E-state index contributed by atoms with van der Waals surface area (Å²) in [4.78, 5) is 4.74. The zero-order valence-electron chi connectivity index (χ0n) is 13.1. The van der Waals surface area contributed by atoms with Gasteiger partial charge < -0.3 is 5.32 Å². The first-order valence-corrected chi connectivity index (χ1v) is 7.61. The van der Waals surface area contributed by atoms with Crippen molar-refractivity contribution >= 4 is 5.84 Å². The Hall–Kier alpha value is -0.790. The van der Waals surface area contributed by atoms with Crippen molar-refractivity contribution < 1.29 is 0 Å². The summed E-state index contributed by atoms with van der Waals surface area (Å²) >= 11 is 0. The van der Waals surface area contributed by atoms with Gasteiger partial charge in [0.05, 0.1) is 5.84 Å². The van der Waals surface area contributed by atoms with Gasteiger partial charge in [-0.05, 0) is 39.5 Å². The molecule has 2 heteroatoms. The summed E-state index contributed by atoms with van der Waals surface area (Å²) in [7, 11) is 0. The molecule has 0 amide bonds. The van der Waals surface area contributed by atoms with Crippen molar-refractivity contribution in [2.75, 3.05) is 6.54 Å². The van der Waals surface area contributed by atoms with Crippen LogP contribution in [-0.2, 0) is 0 Å². The van der Waals surface area contributed by atoms with Crippen LogP contribution in [0.15, 0.2) is 16.6 Å². The van der Waals surface area contributed by atoms with Crippen LogP contribution in [-0.4, -0.2) is 18.4 Å². The van der Waals surface area contributed by atoms with Gasteiger partial charge in [0.1, 0.15) is 0 Å². The molecule has 0 rings (SSSR count). The molecule has 18 heavy (non-hydrogen) atoms. The van der Waals surface area contributed by atoms with Crippen molar-refractivity contribution in [1.82, 2.24) is 5.32 Å². The number of aliphatic imine (C=N–C) groups is 1. The quantitative estimate of drug-likeness (QED) is 0.359. The molecule has 0 aromatic rings. The first-order chi connectivity index (χ1) is 8.67. The molecule has 1 atom stereocenters. The lowest BCUT2D eigenvalue weighted by atomic mass is 10.1. The van der Waals surface area contributed by atoms with Gasteiger partial charge in [-0.2, -0.15) is 0 Å². The van der Waals surface area contributed by atoms with E-state index in [2.05, 4.69) is 46.0 Å². The van der Waals surface area contributed by atoms with Gasteiger partial charge in [-0.1, -0.05) is 38.8 Å². The second kappa shape index (κ2) is 11.3. The number of nitrogens with one attached hydrogen (secondary N) is 1. The maximum atomic E-state index is 4.74. The molecule has 0 aliphatic rings. The van der Waals surface area contributed by atoms with E-state index in [1.807, 2.05) is 0 Å². The molecule has 0 aliphatic heterocycles. The van der Waals surface area contributed by atoms with Crippen LogP contribution in [0.5, 0.6) is 0 Å². The first kappa shape index (κ1) is 17.2. The molecule has 0 spiro atoms. The highest BCUT2D eigenvalue weighted by Gasteiger charge is 2.02. The van der Waals surface area contributed by atoms with Gasteiger partial charge in [-0.15, -0.1) is 0 Å². The van der Waals surface area contributed by atoms with Gasteiger partial charge in [0, 0.05) is 19.0 Å². The molecule has 1 unspecified atom stereocenters. The molecule has 0 aromatic carbocycles. The van der Waals surface area contributed by atoms with Crippen molar-refractivity contribution in [2.24, 2.45) is 4.99 Å². The third kappa shape index (κ3) is 8.32. The van der Waals surface area contributed by atoms with Crippen LogP contribution in [0, 0.1) is 0 Å². The van der Waals surface area contributed by atoms with Gasteiger partial charge in [-0.25, -0.2) is 0 Å². The van der Waals surface area contributed by atoms with Crippen molar-refractivity contribution in [1.29, 1.82) is 0 Å². The fourth-order valence-electron chi connectivity index (χ4n) is 1.89. The van der Waals surface area contributed by atoms with Crippen molar-refractivity contribution in [3.63, 3.8) is 0 Å². The van der Waals surface area contributed by atoms with E-state index >= 15 is 0 Å². The maximum Gasteiger partial charge on any atom is 0.0965 e. The highest BCUT2D eigenvalue weighted by Crippen LogP contribution is 2.09. The van der Waals surface area contributed by atoms with Crippen molar-refractivity contribution in [3.8, 4) is 0 Å². The van der Waals surface area contributed by atoms with Gasteiger partial charge in [0.25, 0.3) is 0 Å². The van der Waals surface area contributed by atoms with E-state index in [1.165, 1.54) is 18.7 Å². The van der Waals surface area contributed by atoms with Crippen LogP contribution >= 0.6 is 0 Å². The smallest absolute Gasteiger partial charge is 0.0965 e. The summed E-state index contributed by atoms with van der Waals surface area (Å²) in [6.07, 6.45) is 9.19. The average molecular weight is 252 g/mol. The molecular formula is C16H32N2. The Morgan fingerprint density at radius 3 is 2.28 bits per heavy atom. The molecule has 106 valence electrons. The van der Waals surface area contributed by atoms with E-state index < -0.39 is 0 Å². The topological polar surface area (TPSA) is 24.4 Å². The summed E-state index contributed by atoms with van der Waals surface area (Å²) < 4.78 is 0. The van der Waals surface area contributed by atoms with E-state index in [9.17, 15) is 0 Å². The van der Waals surface area contributed by atoms with Crippen molar-refractivity contribution in [3.05, 3.63) is 11.6 Å². The maximum absolute atomic E-state index is 4.74. The fourth-order valence-corrected chi connectivity index (χ4v) is 1.89. The largest absolute Gasteiger partial charge is 0.371 e. The summed E-state index contributed by atoms with van der Waals surface area (Å²) in [6.45, 7) is 11.9. The second-order valence-electron chi connectivity index (χ2n) is 4.98. The minimum atomic E-state index is 0.534. The predicted octanol–water partition coefficient (Wildman–Crippen LogP) is 4.71. The summed E-state index contributed by atoms with van der Waals surface area (Å²) in [5, 5.41) is 3.52. The zero-order valence-corrected chi connectivity index (χ0v) is 13.1. The van der Waals surface area contributed by atoms with E-state index in [1.54, 1.807) is 5.57 Å². The van der Waals surface area contributed by atoms with E-state index in [-0.39, 0.29) is 0 Å². The van der Waals surface area contributed by atoms with Gasteiger partial charge >= 0.3 is 0 Å². The molecule has 0 aliphatic carbocycles. The van der Waals surface area contributed by atoms with E-state index in [0.29, 0.717) is 6.04 Å². The lowest BCUT2D eigenvalue weighted by Crippen LogP contribution is -2.32. The Bertz CT molecular complexity index is 254. The van der Waals surface area contributed by atoms with Gasteiger partial charge in [-0.3, -0.25) is 4.99 Å². The number of allylic oxidation sites excluding steroid dienone is 1. The Kier molecular flexibility index (Phi) is 10.8. The third-order valence-electron chi connectivity index (χ3n) is 3.23. The normalized spacial score (nSPS) is 14.7. The molecule has 1 N–H and O–H groups in total. The van der Waals surface area contributed by atoms with Crippen LogP contribution in [0.3, 0.4) is 0 Å². The number of nitrogens with zero attached hydrogens (tertiary/aromatic N) is 1. The number of hydrogen-bond donors (Lipinski definition) is 1. The van der Waals surface area contributed by atoms with Crippen LogP contribution in [0.25, 0.3) is 0 Å². The molecule has 0 saturated carbocycles. The molecule has 2 nitrogen and oxygen atoms in total. The van der Waals surface area contributed by atoms with Crippen LogP contribution in [0.4, 0.5) is 0 Å². The Labute approximate surface area is 114 Å². The predicted molar refractivity (Wildman–Crippen MR) is 83.4 cm³/mol. The third-order valence-corrected chi connectivity index (χ3v) is 3.23. The zero-order chi connectivity index (χ0) is 13.8. The molecule has 0 radical (unpaired) electrons. The van der Waals surface area contributed by atoms with Crippen molar-refractivity contribution in [2.45, 2.75) is 79.2 Å². The highest BCUT2D eigenvalue weighted by molar-refractivity contribution is 5.82. The molecular weight excluding hydrogens is 220 g/mol. The van der Waals surface area contributed by atoms with E-state index in [4.69, 9.17) is 4.99 Å². The highest BCUT2D eigenvalue weighted by atomic mass is 15.0. The molecule has 0 fully saturated rings. The molecule has 0 bridgehead atoms. The Balaban J connectivity index is 4.22. The molecule has 0 saturated heterocycles. The monoisotopic (exact) mass is 252 g/mol. The summed E-state index contributed by atoms with van der Waals surface area (Å²) in [5.41, 5.74) is 1.54. The number of hydrogen-bond acceptors (Lipinski definition) is 1. The Morgan fingerprint density at radius 2 is 1.78 bits per heavy atom. The lowest BCUT2D eigenvalue weighted by Gasteiger charge is -2.15. The minimum Gasteiger partial charge on any atom is -0.371 e. The minimum absolute atomic E-state index is 0.534. The summed E-state index contributed by atoms with van der Waals surface area (Å²) in [6, 6.07) is 0.534. The SMILES string of the molecule is C/C=C(\CCC)CCN=C(CCC)NC(C)CC. The lowest BCUT2D eigenvalue weighted by molar-refractivity contribution is 0.629. The van der Waals surface area contributed by atoms with Gasteiger partial charge in [0.2, 0.25) is 0 Å². The van der Waals surface area contributed by atoms with Crippen LogP contribution in [0.2, 0.25) is 0 Å². The van der Waals surface area contributed by atoms with Crippen LogP contribution < -0.4 is 5.32 Å². The van der Waals surface area contributed by atoms with Gasteiger partial charge in [0.15, 0.2) is 0 Å². The standard InChI is InChI=1S/C16H32N2/c1-6-10-15(9-4)12-13-17-16(11-7-2)18-14(5)8-3/h9,14H,6-8,10-13H2,1-5H3,(H,17,18)/b15-9+. The molecule has 0 heterocycles. The summed E-state index contributed by atoms with van der Waals surface area (Å²) in [5.74, 6) is 1.19. The molecule has 0 aromatic heterocycles. The second-order valence-corrected chi connectivity index (χ2v) is 4.98. The number of amidine groups is 1. The first-order valence-electron chi connectivity index (χ1n) is 7.61. The number of rotatable bonds is 9. The fraction of sp³-hybridized carbons (Fsp3) is 0.812. The Morgan fingerprint density at radius 1 is 1.11 bits per heavy atom. The van der Waals surface area contributed by atoms with Crippen LogP contribution in [0.1, 0.15) is 73.1 Å². The average Bonchev–Trinajstić information content (AvgIpc) is 2.37. The van der Waals surface area contributed by atoms with E-state index in [0.717, 1.165) is 32.2 Å².